The summed E-state index contributed by atoms with van der Waals surface area (Å²) in [5, 5.41) is 2.82. The van der Waals surface area contributed by atoms with Crippen LogP contribution in [0.3, 0.4) is 0 Å². The van der Waals surface area contributed by atoms with Gasteiger partial charge in [0.05, 0.1) is 17.8 Å². The number of halogens is 2. The minimum Gasteiger partial charge on any atom is -0.487 e. The molecule has 154 valence electrons. The summed E-state index contributed by atoms with van der Waals surface area (Å²) in [5.74, 6) is -0.364. The van der Waals surface area contributed by atoms with Crippen molar-refractivity contribution in [2.24, 2.45) is 0 Å². The third kappa shape index (κ3) is 4.41. The Morgan fingerprint density at radius 2 is 1.87 bits per heavy atom. The lowest BCUT2D eigenvalue weighted by molar-refractivity contribution is -0.120. The molecule has 4 nitrogen and oxygen atoms in total. The third-order valence-electron chi connectivity index (χ3n) is 4.89. The Morgan fingerprint density at radius 3 is 2.57 bits per heavy atom. The van der Waals surface area contributed by atoms with Crippen LogP contribution in [-0.2, 0) is 17.6 Å². The van der Waals surface area contributed by atoms with E-state index in [9.17, 15) is 18.4 Å². The van der Waals surface area contributed by atoms with Gasteiger partial charge in [-0.3, -0.25) is 9.59 Å². The van der Waals surface area contributed by atoms with Crippen molar-refractivity contribution in [3.8, 4) is 16.2 Å². The van der Waals surface area contributed by atoms with E-state index in [4.69, 9.17) is 4.74 Å². The number of fused-ring (bicyclic) bond motifs is 1. The standard InChI is InChI=1S/C23H19F2NO3S/c1-13(27)20-6-7-21(30-20)19-11-17(25)9-15-10-18(29-23(15)19)12-26-22(28)8-14-2-4-16(24)5-3-14/h2-7,9,11,18H,8,10,12H2,1H3,(H,26,28). The number of thiophene rings is 1. The number of rotatable bonds is 6. The quantitative estimate of drug-likeness (QED) is 0.587. The van der Waals surface area contributed by atoms with Crippen LogP contribution in [0, 0.1) is 11.6 Å². The zero-order chi connectivity index (χ0) is 21.3. The van der Waals surface area contributed by atoms with E-state index in [0.717, 1.165) is 10.4 Å². The third-order valence-corrected chi connectivity index (χ3v) is 6.11. The van der Waals surface area contributed by atoms with Crippen LogP contribution < -0.4 is 10.1 Å². The average molecular weight is 427 g/mol. The predicted octanol–water partition coefficient (Wildman–Crippen LogP) is 4.56. The van der Waals surface area contributed by atoms with Crippen LogP contribution in [0.1, 0.15) is 27.7 Å². The number of carbonyl (C=O) groups is 2. The largest absolute Gasteiger partial charge is 0.487 e. The highest BCUT2D eigenvalue weighted by Crippen LogP contribution is 2.42. The van der Waals surface area contributed by atoms with E-state index in [1.54, 1.807) is 24.3 Å². The summed E-state index contributed by atoms with van der Waals surface area (Å²) >= 11 is 1.30. The fourth-order valence-corrected chi connectivity index (χ4v) is 4.36. The maximum atomic E-state index is 14.2. The van der Waals surface area contributed by atoms with Gasteiger partial charge in [-0.1, -0.05) is 12.1 Å². The van der Waals surface area contributed by atoms with Gasteiger partial charge in [0.1, 0.15) is 23.5 Å². The second kappa shape index (κ2) is 8.36. The Morgan fingerprint density at radius 1 is 1.10 bits per heavy atom. The van der Waals surface area contributed by atoms with Gasteiger partial charge in [0.15, 0.2) is 5.78 Å². The summed E-state index contributed by atoms with van der Waals surface area (Å²) in [6, 6.07) is 12.1. The Kier molecular flexibility index (Phi) is 5.63. The highest BCUT2D eigenvalue weighted by molar-refractivity contribution is 7.17. The van der Waals surface area contributed by atoms with E-state index in [0.29, 0.717) is 28.2 Å². The number of benzene rings is 2. The highest BCUT2D eigenvalue weighted by atomic mass is 32.1. The molecule has 0 fully saturated rings. The first-order valence-corrected chi connectivity index (χ1v) is 10.3. The summed E-state index contributed by atoms with van der Waals surface area (Å²) in [6.45, 7) is 1.77. The summed E-state index contributed by atoms with van der Waals surface area (Å²) in [4.78, 5) is 25.1. The summed E-state index contributed by atoms with van der Waals surface area (Å²) < 4.78 is 33.2. The van der Waals surface area contributed by atoms with Crippen molar-refractivity contribution < 1.29 is 23.1 Å². The smallest absolute Gasteiger partial charge is 0.224 e. The van der Waals surface area contributed by atoms with E-state index in [1.807, 2.05) is 0 Å². The van der Waals surface area contributed by atoms with Crippen LogP contribution in [0.5, 0.6) is 5.75 Å². The van der Waals surface area contributed by atoms with Crippen molar-refractivity contribution in [2.75, 3.05) is 6.54 Å². The summed E-state index contributed by atoms with van der Waals surface area (Å²) in [6.07, 6.45) is 0.301. The van der Waals surface area contributed by atoms with E-state index in [2.05, 4.69) is 5.32 Å². The van der Waals surface area contributed by atoms with Gasteiger partial charge in [0.2, 0.25) is 5.91 Å². The molecule has 7 heteroatoms. The molecule has 1 amide bonds. The number of hydrogen-bond donors (Lipinski definition) is 1. The molecular weight excluding hydrogens is 408 g/mol. The molecule has 2 aromatic carbocycles. The molecule has 0 aliphatic carbocycles. The zero-order valence-electron chi connectivity index (χ0n) is 16.2. The Labute approximate surface area is 176 Å². The molecule has 1 aromatic heterocycles. The number of Topliss-reactive ketones (excluding diaryl/α,β-unsaturated/α-hetero) is 1. The van der Waals surface area contributed by atoms with Crippen LogP contribution >= 0.6 is 11.3 Å². The normalized spacial score (nSPS) is 14.8. The minimum atomic E-state index is -0.369. The molecule has 1 aliphatic heterocycles. The molecule has 4 rings (SSSR count). The first kappa shape index (κ1) is 20.2. The molecule has 0 bridgehead atoms. The molecule has 0 saturated heterocycles. The number of ketones is 1. The van der Waals surface area contributed by atoms with Crippen molar-refractivity contribution in [1.82, 2.24) is 5.32 Å². The molecule has 2 heterocycles. The predicted molar refractivity (Wildman–Crippen MR) is 111 cm³/mol. The number of carbonyl (C=O) groups excluding carboxylic acids is 2. The van der Waals surface area contributed by atoms with Crippen molar-refractivity contribution in [1.29, 1.82) is 0 Å². The van der Waals surface area contributed by atoms with Gasteiger partial charge in [-0.25, -0.2) is 8.78 Å². The first-order chi connectivity index (χ1) is 14.4. The highest BCUT2D eigenvalue weighted by Gasteiger charge is 2.28. The topological polar surface area (TPSA) is 55.4 Å². The maximum absolute atomic E-state index is 14.2. The molecule has 0 radical (unpaired) electrons. The van der Waals surface area contributed by atoms with Crippen molar-refractivity contribution in [3.63, 3.8) is 0 Å². The lowest BCUT2D eigenvalue weighted by Gasteiger charge is -2.13. The monoisotopic (exact) mass is 427 g/mol. The van der Waals surface area contributed by atoms with Crippen molar-refractivity contribution in [3.05, 3.63) is 76.2 Å². The second-order valence-electron chi connectivity index (χ2n) is 7.21. The SMILES string of the molecule is CC(=O)c1ccc(-c2cc(F)cc3c2OC(CNC(=O)Cc2ccc(F)cc2)C3)s1. The van der Waals surface area contributed by atoms with Crippen LogP contribution in [0.2, 0.25) is 0 Å². The molecule has 30 heavy (non-hydrogen) atoms. The van der Waals surface area contributed by atoms with Gasteiger partial charge < -0.3 is 10.1 Å². The van der Waals surface area contributed by atoms with E-state index in [1.165, 1.54) is 42.5 Å². The summed E-state index contributed by atoms with van der Waals surface area (Å²) in [7, 11) is 0. The fraction of sp³-hybridized carbons (Fsp3) is 0.217. The van der Waals surface area contributed by atoms with Crippen molar-refractivity contribution >= 4 is 23.0 Å². The molecule has 0 saturated carbocycles. The van der Waals surface area contributed by atoms with Gasteiger partial charge in [0, 0.05) is 22.4 Å². The van der Waals surface area contributed by atoms with Crippen LogP contribution in [-0.4, -0.2) is 24.3 Å². The Bertz CT molecular complexity index is 1110. The molecule has 1 unspecified atom stereocenters. The molecule has 3 aromatic rings. The van der Waals surface area contributed by atoms with Gasteiger partial charge in [-0.2, -0.15) is 0 Å². The van der Waals surface area contributed by atoms with Gasteiger partial charge in [-0.15, -0.1) is 11.3 Å². The lowest BCUT2D eigenvalue weighted by Crippen LogP contribution is -2.35. The molecule has 0 spiro atoms. The fourth-order valence-electron chi connectivity index (χ4n) is 3.44. The van der Waals surface area contributed by atoms with E-state index in [-0.39, 0.29) is 42.4 Å². The Balaban J connectivity index is 1.43. The van der Waals surface area contributed by atoms with Crippen LogP contribution in [0.4, 0.5) is 8.78 Å². The lowest BCUT2D eigenvalue weighted by atomic mass is 10.0. The van der Waals surface area contributed by atoms with Crippen LogP contribution in [0.25, 0.3) is 10.4 Å². The van der Waals surface area contributed by atoms with E-state index >= 15 is 0 Å². The Hall–Kier alpha value is -3.06. The van der Waals surface area contributed by atoms with Gasteiger partial charge >= 0.3 is 0 Å². The number of hydrogen-bond acceptors (Lipinski definition) is 4. The van der Waals surface area contributed by atoms with Gasteiger partial charge in [0.25, 0.3) is 0 Å². The minimum absolute atomic E-state index is 0.0399. The van der Waals surface area contributed by atoms with Crippen molar-refractivity contribution in [2.45, 2.75) is 25.9 Å². The molecule has 1 aliphatic rings. The van der Waals surface area contributed by atoms with Gasteiger partial charge in [-0.05, 0) is 48.9 Å². The zero-order valence-corrected chi connectivity index (χ0v) is 17.0. The number of amides is 1. The van der Waals surface area contributed by atoms with E-state index < -0.39 is 0 Å². The second-order valence-corrected chi connectivity index (χ2v) is 8.30. The molecular formula is C23H19F2NO3S. The number of ether oxygens (including phenoxy) is 1. The maximum Gasteiger partial charge on any atom is 0.224 e. The molecule has 1 atom stereocenters. The average Bonchev–Trinajstić information content (AvgIpc) is 3.34. The van der Waals surface area contributed by atoms with Crippen LogP contribution in [0.15, 0.2) is 48.5 Å². The molecule has 1 N–H and O–H groups in total. The first-order valence-electron chi connectivity index (χ1n) is 9.50. The summed E-state index contributed by atoms with van der Waals surface area (Å²) in [5.41, 5.74) is 2.07. The number of nitrogens with one attached hydrogen (secondary N) is 1.